The third-order valence-electron chi connectivity index (χ3n) is 1.94. The van der Waals surface area contributed by atoms with Gasteiger partial charge in [0.05, 0.1) is 14.7 Å². The Bertz CT molecular complexity index is 120. The predicted molar refractivity (Wildman–Crippen MR) is 58.0 cm³/mol. The summed E-state index contributed by atoms with van der Waals surface area (Å²) in [5, 5.41) is 0. The molecule has 0 spiro atoms. The first-order valence-electron chi connectivity index (χ1n) is 3.99. The largest absolute Gasteiger partial charge is 0.431 e. The Morgan fingerprint density at radius 1 is 1.20 bits per heavy atom. The third kappa shape index (κ3) is 2.46. The molecule has 0 aromatic rings. The van der Waals surface area contributed by atoms with E-state index in [1.807, 2.05) is 0 Å². The van der Waals surface area contributed by atoms with E-state index in [9.17, 15) is 0 Å². The van der Waals surface area contributed by atoms with Gasteiger partial charge in [0.15, 0.2) is 0 Å². The molecule has 1 fully saturated rings. The van der Waals surface area contributed by atoms with Crippen molar-refractivity contribution < 1.29 is 4.43 Å². The Kier molecular flexibility index (Phi) is 2.41. The minimum Gasteiger partial charge on any atom is -0.431 e. The van der Waals surface area contributed by atoms with Gasteiger partial charge in [-0.3, -0.25) is 0 Å². The van der Waals surface area contributed by atoms with Crippen LogP contribution < -0.4 is 0 Å². The highest BCUT2D eigenvalue weighted by molar-refractivity contribution is 7.65. The highest BCUT2D eigenvalue weighted by Gasteiger charge is 2.37. The molecular weight excluding hydrogens is 188 g/mol. The Hall–Kier alpha value is 0.828. The van der Waals surface area contributed by atoms with Crippen molar-refractivity contribution in [1.29, 1.82) is 0 Å². The van der Waals surface area contributed by atoms with Crippen LogP contribution in [0.1, 0.15) is 0 Å². The van der Waals surface area contributed by atoms with Crippen LogP contribution >= 0.6 is 0 Å². The smallest absolute Gasteiger partial charge is 0.146 e. The lowest BCUT2D eigenvalue weighted by Gasteiger charge is -2.36. The van der Waals surface area contributed by atoms with Crippen LogP contribution in [-0.2, 0) is 4.43 Å². The second-order valence-electron chi connectivity index (χ2n) is 5.00. The zero-order chi connectivity index (χ0) is 7.83. The maximum atomic E-state index is 5.80. The van der Waals surface area contributed by atoms with Crippen molar-refractivity contribution in [3.63, 3.8) is 0 Å². The summed E-state index contributed by atoms with van der Waals surface area (Å²) in [6, 6.07) is 0. The van der Waals surface area contributed by atoms with Crippen LogP contribution in [0.2, 0.25) is 26.2 Å². The standard InChI is InChI=1S/C5H18OSi4/c1-9(2)5-6-7-10(3,4)8-9/h5,7-8H2,1-4H3. The van der Waals surface area contributed by atoms with E-state index in [1.165, 1.54) is 6.23 Å². The second kappa shape index (κ2) is 2.70. The quantitative estimate of drug-likeness (QED) is 0.495. The molecule has 0 aromatic heterocycles. The molecule has 0 bridgehead atoms. The van der Waals surface area contributed by atoms with Gasteiger partial charge < -0.3 is 4.43 Å². The first-order valence-corrected chi connectivity index (χ1v) is 17.8. The molecule has 0 aromatic carbocycles. The average Bonchev–Trinajstić information content (AvgIpc) is 1.56. The Morgan fingerprint density at radius 3 is 2.10 bits per heavy atom. The van der Waals surface area contributed by atoms with Crippen LogP contribution in [0.3, 0.4) is 0 Å². The van der Waals surface area contributed by atoms with Gasteiger partial charge >= 0.3 is 0 Å². The lowest BCUT2D eigenvalue weighted by Crippen LogP contribution is -2.62. The molecule has 0 N–H and O–H groups in total. The molecule has 0 amide bonds. The Labute approximate surface area is 69.7 Å². The summed E-state index contributed by atoms with van der Waals surface area (Å²) >= 11 is 0. The van der Waals surface area contributed by atoms with E-state index >= 15 is 0 Å². The van der Waals surface area contributed by atoms with Gasteiger partial charge in [0.25, 0.3) is 0 Å². The summed E-state index contributed by atoms with van der Waals surface area (Å²) < 4.78 is 5.80. The average molecular weight is 207 g/mol. The Morgan fingerprint density at radius 2 is 1.80 bits per heavy atom. The molecule has 60 valence electrons. The zero-order valence-corrected chi connectivity index (χ0v) is 12.4. The fraction of sp³-hybridized carbons (Fsp3) is 1.00. The van der Waals surface area contributed by atoms with Crippen LogP contribution in [0, 0.1) is 0 Å². The van der Waals surface area contributed by atoms with Gasteiger partial charge in [0.1, 0.15) is 9.28 Å². The summed E-state index contributed by atoms with van der Waals surface area (Å²) in [5.74, 6) is 0. The molecule has 1 aliphatic rings. The van der Waals surface area contributed by atoms with Crippen molar-refractivity contribution in [1.82, 2.24) is 0 Å². The second-order valence-corrected chi connectivity index (χ2v) is 40.3. The highest BCUT2D eigenvalue weighted by Crippen LogP contribution is 2.13. The first-order chi connectivity index (χ1) is 4.41. The van der Waals surface area contributed by atoms with E-state index in [0.29, 0.717) is 8.55 Å². The monoisotopic (exact) mass is 206 g/mol. The van der Waals surface area contributed by atoms with Gasteiger partial charge in [-0.05, 0) is 0 Å². The molecule has 0 saturated carbocycles. The van der Waals surface area contributed by atoms with Crippen LogP contribution in [-0.4, -0.2) is 38.8 Å². The van der Waals surface area contributed by atoms with Crippen molar-refractivity contribution in [3.8, 4) is 0 Å². The van der Waals surface area contributed by atoms with E-state index in [2.05, 4.69) is 26.2 Å². The summed E-state index contributed by atoms with van der Waals surface area (Å²) in [5.41, 5.74) is 0. The minimum absolute atomic E-state index is 0.00294. The van der Waals surface area contributed by atoms with Gasteiger partial charge in [-0.15, -0.1) is 0 Å². The van der Waals surface area contributed by atoms with Crippen molar-refractivity contribution in [2.24, 2.45) is 0 Å². The lowest BCUT2D eigenvalue weighted by atomic mass is 11.7. The fourth-order valence-corrected chi connectivity index (χ4v) is 67.7. The molecule has 0 unspecified atom stereocenters. The van der Waals surface area contributed by atoms with Crippen molar-refractivity contribution >= 4 is 32.5 Å². The van der Waals surface area contributed by atoms with Crippen LogP contribution in [0.25, 0.3) is 0 Å². The Balaban J connectivity index is 2.56. The normalized spacial score (nSPS) is 34.8. The van der Waals surface area contributed by atoms with Gasteiger partial charge in [-0.25, -0.2) is 0 Å². The van der Waals surface area contributed by atoms with Gasteiger partial charge in [0, 0.05) is 14.8 Å². The first kappa shape index (κ1) is 8.92. The molecule has 0 atom stereocenters. The molecule has 0 radical (unpaired) electrons. The van der Waals surface area contributed by atoms with Crippen molar-refractivity contribution in [3.05, 3.63) is 0 Å². The highest BCUT2D eigenvalue weighted by atomic mass is 29.8. The lowest BCUT2D eigenvalue weighted by molar-refractivity contribution is 0.413. The SMILES string of the molecule is C[Si]1(C)CO[SiH2][Si](C)(C)[SiH2]1. The molecule has 1 rings (SSSR count). The molecule has 1 aliphatic heterocycles. The van der Waals surface area contributed by atoms with Gasteiger partial charge in [-0.1, -0.05) is 26.2 Å². The molecule has 0 aliphatic carbocycles. The van der Waals surface area contributed by atoms with Crippen LogP contribution in [0.4, 0.5) is 0 Å². The minimum atomic E-state index is -0.713. The summed E-state index contributed by atoms with van der Waals surface area (Å²) in [4.78, 5) is 0. The number of rotatable bonds is 0. The topological polar surface area (TPSA) is 9.23 Å². The predicted octanol–water partition coefficient (Wildman–Crippen LogP) is -0.285. The molecule has 1 nitrogen and oxygen atoms in total. The van der Waals surface area contributed by atoms with E-state index in [1.54, 1.807) is 0 Å². The van der Waals surface area contributed by atoms with Gasteiger partial charge in [-0.2, -0.15) is 0 Å². The van der Waals surface area contributed by atoms with E-state index in [4.69, 9.17) is 4.43 Å². The molecule has 1 heterocycles. The summed E-state index contributed by atoms with van der Waals surface area (Å²) in [7, 11) is -0.940. The summed E-state index contributed by atoms with van der Waals surface area (Å²) in [6.45, 7) is 10.2. The third-order valence-corrected chi connectivity index (χ3v) is 41.6. The molecule has 5 heteroatoms. The fourth-order valence-electron chi connectivity index (χ4n) is 2.00. The van der Waals surface area contributed by atoms with Crippen molar-refractivity contribution in [2.75, 3.05) is 6.23 Å². The molecule has 10 heavy (non-hydrogen) atoms. The summed E-state index contributed by atoms with van der Waals surface area (Å²) in [6.07, 6.45) is 1.22. The van der Waals surface area contributed by atoms with Gasteiger partial charge in [0.2, 0.25) is 0 Å². The maximum Gasteiger partial charge on any atom is 0.146 e. The van der Waals surface area contributed by atoms with E-state index < -0.39 is 14.7 Å². The van der Waals surface area contributed by atoms with E-state index in [-0.39, 0.29) is 9.28 Å². The zero-order valence-electron chi connectivity index (χ0n) is 7.53. The molecule has 1 saturated heterocycles. The maximum absolute atomic E-state index is 5.80. The number of hydrogen-bond donors (Lipinski definition) is 0. The van der Waals surface area contributed by atoms with E-state index in [0.717, 1.165) is 0 Å². The van der Waals surface area contributed by atoms with Crippen molar-refractivity contribution in [2.45, 2.75) is 26.2 Å². The molecular formula is C5H18OSi4. The number of hydrogen-bond acceptors (Lipinski definition) is 1. The van der Waals surface area contributed by atoms with Crippen LogP contribution in [0.5, 0.6) is 0 Å². The van der Waals surface area contributed by atoms with Crippen LogP contribution in [0.15, 0.2) is 0 Å².